The number of aromatic nitrogens is 2. The lowest BCUT2D eigenvalue weighted by Gasteiger charge is -2.10. The summed E-state index contributed by atoms with van der Waals surface area (Å²) in [5, 5.41) is 0.631. The second kappa shape index (κ2) is 8.23. The molecule has 24 heavy (non-hydrogen) atoms. The summed E-state index contributed by atoms with van der Waals surface area (Å²) in [7, 11) is 0. The molecule has 0 aliphatic heterocycles. The van der Waals surface area contributed by atoms with Crippen molar-refractivity contribution in [2.45, 2.75) is 31.1 Å². The summed E-state index contributed by atoms with van der Waals surface area (Å²) in [6.07, 6.45) is -2.79. The molecular formula is C16H18F3N3OS. The number of halogens is 3. The Kier molecular flexibility index (Phi) is 6.30. The zero-order chi connectivity index (χ0) is 17.6. The van der Waals surface area contributed by atoms with Crippen LogP contribution in [0.15, 0.2) is 35.5 Å². The first-order valence-corrected chi connectivity index (χ1v) is 8.37. The molecule has 2 N–H and O–H groups in total. The fourth-order valence-electron chi connectivity index (χ4n) is 1.95. The summed E-state index contributed by atoms with van der Waals surface area (Å²) >= 11 is 1.49. The van der Waals surface area contributed by atoms with Gasteiger partial charge >= 0.3 is 6.18 Å². The van der Waals surface area contributed by atoms with Crippen LogP contribution in [0, 0.1) is 6.92 Å². The molecule has 4 nitrogen and oxygen atoms in total. The third-order valence-electron chi connectivity index (χ3n) is 3.05. The Morgan fingerprint density at radius 3 is 2.67 bits per heavy atom. The number of aryl methyl sites for hydroxylation is 1. The number of hydrogen-bond donors (Lipinski definition) is 1. The highest BCUT2D eigenvalue weighted by atomic mass is 32.2. The van der Waals surface area contributed by atoms with E-state index in [1.54, 1.807) is 6.07 Å². The van der Waals surface area contributed by atoms with Gasteiger partial charge in [0.2, 0.25) is 0 Å². The van der Waals surface area contributed by atoms with Gasteiger partial charge in [-0.15, -0.1) is 0 Å². The van der Waals surface area contributed by atoms with Crippen LogP contribution in [0.5, 0.6) is 5.75 Å². The maximum atomic E-state index is 12.6. The normalized spacial score (nSPS) is 11.5. The molecule has 0 bridgehead atoms. The third-order valence-corrected chi connectivity index (χ3v) is 3.99. The van der Waals surface area contributed by atoms with E-state index in [9.17, 15) is 13.2 Å². The lowest BCUT2D eigenvalue weighted by atomic mass is 10.2. The lowest BCUT2D eigenvalue weighted by Crippen LogP contribution is -2.05. The molecule has 0 unspecified atom stereocenters. The Labute approximate surface area is 142 Å². The van der Waals surface area contributed by atoms with Crippen LogP contribution in [0.3, 0.4) is 0 Å². The number of rotatable bonds is 7. The molecular weight excluding hydrogens is 339 g/mol. The van der Waals surface area contributed by atoms with Gasteiger partial charge in [0.15, 0.2) is 5.16 Å². The van der Waals surface area contributed by atoms with E-state index in [0.717, 1.165) is 36.4 Å². The Morgan fingerprint density at radius 1 is 1.17 bits per heavy atom. The van der Waals surface area contributed by atoms with Crippen LogP contribution in [0.1, 0.15) is 24.1 Å². The van der Waals surface area contributed by atoms with E-state index in [1.165, 1.54) is 23.9 Å². The molecule has 0 fully saturated rings. The third kappa shape index (κ3) is 5.92. The Hall–Kier alpha value is -1.96. The van der Waals surface area contributed by atoms with E-state index >= 15 is 0 Å². The smallest absolute Gasteiger partial charge is 0.416 e. The number of hydrogen-bond acceptors (Lipinski definition) is 5. The van der Waals surface area contributed by atoms with Gasteiger partial charge < -0.3 is 10.5 Å². The molecule has 0 saturated carbocycles. The van der Waals surface area contributed by atoms with E-state index in [4.69, 9.17) is 10.5 Å². The molecule has 0 atom stereocenters. The van der Waals surface area contributed by atoms with E-state index in [0.29, 0.717) is 17.6 Å². The molecule has 2 rings (SSSR count). The molecule has 1 aromatic heterocycles. The van der Waals surface area contributed by atoms with Crippen molar-refractivity contribution in [2.24, 2.45) is 0 Å². The zero-order valence-corrected chi connectivity index (χ0v) is 14.0. The van der Waals surface area contributed by atoms with Crippen molar-refractivity contribution < 1.29 is 17.9 Å². The van der Waals surface area contributed by atoms with Gasteiger partial charge in [-0.05, 0) is 38.0 Å². The van der Waals surface area contributed by atoms with Gasteiger partial charge in [-0.25, -0.2) is 9.97 Å². The monoisotopic (exact) mass is 357 g/mol. The van der Waals surface area contributed by atoms with Crippen LogP contribution in [0.2, 0.25) is 0 Å². The average Bonchev–Trinajstić information content (AvgIpc) is 2.49. The first-order valence-electron chi connectivity index (χ1n) is 7.38. The van der Waals surface area contributed by atoms with Gasteiger partial charge in [-0.2, -0.15) is 13.2 Å². The van der Waals surface area contributed by atoms with Gasteiger partial charge in [0.1, 0.15) is 11.6 Å². The van der Waals surface area contributed by atoms with Crippen molar-refractivity contribution in [3.8, 4) is 5.75 Å². The van der Waals surface area contributed by atoms with Crippen molar-refractivity contribution in [1.29, 1.82) is 0 Å². The second-order valence-corrected chi connectivity index (χ2v) is 6.21. The van der Waals surface area contributed by atoms with Crippen molar-refractivity contribution in [3.63, 3.8) is 0 Å². The number of unbranched alkanes of at least 4 members (excludes halogenated alkanes) is 1. The highest BCUT2D eigenvalue weighted by molar-refractivity contribution is 7.99. The number of nitrogen functional groups attached to an aromatic ring is 1. The van der Waals surface area contributed by atoms with E-state index in [2.05, 4.69) is 9.97 Å². The van der Waals surface area contributed by atoms with Gasteiger partial charge in [-0.3, -0.25) is 0 Å². The minimum atomic E-state index is -4.36. The SMILES string of the molecule is Cc1cc(N)nc(SCCCCOc2cccc(C(F)(F)F)c2)n1. The Morgan fingerprint density at radius 2 is 1.96 bits per heavy atom. The number of benzene rings is 1. The summed E-state index contributed by atoms with van der Waals surface area (Å²) in [6.45, 7) is 2.21. The maximum absolute atomic E-state index is 12.6. The molecule has 0 aliphatic carbocycles. The van der Waals surface area contributed by atoms with Crippen molar-refractivity contribution >= 4 is 17.6 Å². The van der Waals surface area contributed by atoms with Gasteiger partial charge in [0, 0.05) is 17.5 Å². The number of nitrogens with two attached hydrogens (primary N) is 1. The number of thioether (sulfide) groups is 1. The number of ether oxygens (including phenoxy) is 1. The molecule has 0 saturated heterocycles. The fraction of sp³-hybridized carbons (Fsp3) is 0.375. The molecule has 0 aliphatic rings. The summed E-state index contributed by atoms with van der Waals surface area (Å²) in [4.78, 5) is 8.39. The van der Waals surface area contributed by atoms with Crippen LogP contribution in [0.4, 0.5) is 19.0 Å². The van der Waals surface area contributed by atoms with Crippen LogP contribution in [0.25, 0.3) is 0 Å². The summed E-state index contributed by atoms with van der Waals surface area (Å²) in [5.74, 6) is 1.46. The number of anilines is 1. The fourth-order valence-corrected chi connectivity index (χ4v) is 2.86. The highest BCUT2D eigenvalue weighted by Crippen LogP contribution is 2.31. The molecule has 1 aromatic carbocycles. The Bertz CT molecular complexity index is 660. The van der Waals surface area contributed by atoms with Crippen molar-refractivity contribution in [1.82, 2.24) is 9.97 Å². The first kappa shape index (κ1) is 18.4. The minimum absolute atomic E-state index is 0.229. The molecule has 0 amide bonds. The van der Waals surface area contributed by atoms with Gasteiger partial charge in [-0.1, -0.05) is 17.8 Å². The molecule has 2 aromatic rings. The predicted molar refractivity (Wildman–Crippen MR) is 88.1 cm³/mol. The second-order valence-electron chi connectivity index (χ2n) is 5.15. The molecule has 1 heterocycles. The summed E-state index contributed by atoms with van der Waals surface area (Å²) in [5.41, 5.74) is 5.77. The van der Waals surface area contributed by atoms with Crippen LogP contribution in [-0.4, -0.2) is 22.3 Å². The maximum Gasteiger partial charge on any atom is 0.416 e. The summed E-state index contributed by atoms with van der Waals surface area (Å²) < 4.78 is 43.2. The predicted octanol–water partition coefficient (Wildman–Crippen LogP) is 4.34. The summed E-state index contributed by atoms with van der Waals surface area (Å²) in [6, 6.07) is 6.60. The van der Waals surface area contributed by atoms with Crippen molar-refractivity contribution in [3.05, 3.63) is 41.6 Å². The topological polar surface area (TPSA) is 61.0 Å². The largest absolute Gasteiger partial charge is 0.494 e. The van der Waals surface area contributed by atoms with Gasteiger partial charge in [0.25, 0.3) is 0 Å². The van der Waals surface area contributed by atoms with E-state index < -0.39 is 11.7 Å². The highest BCUT2D eigenvalue weighted by Gasteiger charge is 2.30. The minimum Gasteiger partial charge on any atom is -0.494 e. The average molecular weight is 357 g/mol. The van der Waals surface area contributed by atoms with E-state index in [1.807, 2.05) is 6.92 Å². The van der Waals surface area contributed by atoms with Crippen molar-refractivity contribution in [2.75, 3.05) is 18.1 Å². The van der Waals surface area contributed by atoms with E-state index in [-0.39, 0.29) is 5.75 Å². The molecule has 130 valence electrons. The molecule has 8 heteroatoms. The zero-order valence-electron chi connectivity index (χ0n) is 13.1. The number of alkyl halides is 3. The van der Waals surface area contributed by atoms with Gasteiger partial charge in [0.05, 0.1) is 12.2 Å². The van der Waals surface area contributed by atoms with Crippen LogP contribution in [-0.2, 0) is 6.18 Å². The van der Waals surface area contributed by atoms with Crippen LogP contribution < -0.4 is 10.5 Å². The molecule has 0 radical (unpaired) electrons. The number of nitrogens with zero attached hydrogens (tertiary/aromatic N) is 2. The standard InChI is InChI=1S/C16H18F3N3OS/c1-11-9-14(20)22-15(21-11)24-8-3-2-7-23-13-6-4-5-12(10-13)16(17,18)19/h4-6,9-10H,2-3,7-8H2,1H3,(H2,20,21,22). The van der Waals surface area contributed by atoms with Crippen LogP contribution >= 0.6 is 11.8 Å². The Balaban J connectivity index is 1.70. The quantitative estimate of drug-likeness (QED) is 0.454. The first-order chi connectivity index (χ1) is 11.3. The molecule has 0 spiro atoms. The lowest BCUT2D eigenvalue weighted by molar-refractivity contribution is -0.137.